The molecule has 26 heavy (non-hydrogen) atoms. The Hall–Kier alpha value is 0.411. The van der Waals surface area contributed by atoms with E-state index in [-0.39, 0.29) is 24.4 Å². The molecule has 1 heterocycles. The SMILES string of the molecule is CO[C@@H]1O[C@H](CO[Si](C)(C)C)[C@@H](OC)[C@H](O[Si](C)(C)C)[C@H]1O[Si](C)(C)C. The molecule has 1 saturated heterocycles. The van der Waals surface area contributed by atoms with Gasteiger partial charge >= 0.3 is 0 Å². The molecular formula is C17H40O6Si3. The van der Waals surface area contributed by atoms with E-state index in [1.807, 2.05) is 0 Å². The van der Waals surface area contributed by atoms with E-state index in [1.165, 1.54) is 0 Å². The Morgan fingerprint density at radius 1 is 0.654 bits per heavy atom. The quantitative estimate of drug-likeness (QED) is 0.526. The molecule has 0 aromatic carbocycles. The van der Waals surface area contributed by atoms with E-state index in [4.69, 9.17) is 27.5 Å². The highest BCUT2D eigenvalue weighted by Gasteiger charge is 2.50. The molecule has 6 nitrogen and oxygen atoms in total. The molecule has 0 saturated carbocycles. The maximum absolute atomic E-state index is 6.54. The topological polar surface area (TPSA) is 55.4 Å². The Bertz CT molecular complexity index is 430. The fourth-order valence-corrected chi connectivity index (χ4v) is 5.71. The van der Waals surface area contributed by atoms with Crippen molar-refractivity contribution in [2.45, 2.75) is 89.6 Å². The third-order valence-corrected chi connectivity index (χ3v) is 6.75. The molecule has 1 rings (SSSR count). The fourth-order valence-electron chi connectivity index (χ4n) is 2.90. The van der Waals surface area contributed by atoms with Crippen molar-refractivity contribution in [3.05, 3.63) is 0 Å². The number of rotatable bonds is 9. The van der Waals surface area contributed by atoms with Gasteiger partial charge < -0.3 is 27.5 Å². The van der Waals surface area contributed by atoms with Crippen molar-refractivity contribution in [2.75, 3.05) is 20.8 Å². The fraction of sp³-hybridized carbons (Fsp3) is 1.00. The molecular weight excluding hydrogens is 384 g/mol. The van der Waals surface area contributed by atoms with E-state index >= 15 is 0 Å². The molecule has 0 radical (unpaired) electrons. The summed E-state index contributed by atoms with van der Waals surface area (Å²) >= 11 is 0. The summed E-state index contributed by atoms with van der Waals surface area (Å²) in [6.07, 6.45) is -1.56. The second-order valence-electron chi connectivity index (χ2n) is 9.79. The van der Waals surface area contributed by atoms with Crippen LogP contribution in [0, 0.1) is 0 Å². The lowest BCUT2D eigenvalue weighted by atomic mass is 9.99. The zero-order chi connectivity index (χ0) is 20.3. The van der Waals surface area contributed by atoms with Crippen LogP contribution in [0.3, 0.4) is 0 Å². The zero-order valence-corrected chi connectivity index (χ0v) is 21.5. The predicted molar refractivity (Wildman–Crippen MR) is 112 cm³/mol. The first-order valence-electron chi connectivity index (χ1n) is 9.37. The Morgan fingerprint density at radius 2 is 1.15 bits per heavy atom. The van der Waals surface area contributed by atoms with Gasteiger partial charge in [0, 0.05) is 14.2 Å². The molecule has 0 spiro atoms. The Morgan fingerprint density at radius 3 is 1.54 bits per heavy atom. The van der Waals surface area contributed by atoms with Gasteiger partial charge in [-0.05, 0) is 58.9 Å². The van der Waals surface area contributed by atoms with Crippen LogP contribution in [0.15, 0.2) is 0 Å². The van der Waals surface area contributed by atoms with Crippen molar-refractivity contribution < 1.29 is 27.5 Å². The standard InChI is InChI=1S/C17H40O6Si3/c1-18-14-13(12-20-24(3,4)5)21-17(19-2)16(23-26(9,10)11)15(14)22-25(6,7)8/h13-17H,12H2,1-11H3/t13-,14-,15+,16-,17-/m1/s1. The van der Waals surface area contributed by atoms with Gasteiger partial charge in [0.1, 0.15) is 24.4 Å². The van der Waals surface area contributed by atoms with Crippen LogP contribution in [-0.4, -0.2) is 76.5 Å². The maximum Gasteiger partial charge on any atom is 0.185 e. The molecule has 1 aliphatic heterocycles. The van der Waals surface area contributed by atoms with Crippen molar-refractivity contribution in [2.24, 2.45) is 0 Å². The van der Waals surface area contributed by atoms with E-state index in [0.717, 1.165) is 0 Å². The van der Waals surface area contributed by atoms with Crippen LogP contribution in [-0.2, 0) is 27.5 Å². The maximum atomic E-state index is 6.54. The largest absolute Gasteiger partial charge is 0.415 e. The van der Waals surface area contributed by atoms with Gasteiger partial charge in [-0.25, -0.2) is 0 Å². The minimum Gasteiger partial charge on any atom is -0.415 e. The molecule has 5 atom stereocenters. The third kappa shape index (κ3) is 8.19. The summed E-state index contributed by atoms with van der Waals surface area (Å²) in [5, 5.41) is 0. The van der Waals surface area contributed by atoms with Gasteiger partial charge in [0.2, 0.25) is 0 Å². The number of hydrogen-bond acceptors (Lipinski definition) is 6. The van der Waals surface area contributed by atoms with Gasteiger partial charge in [-0.3, -0.25) is 0 Å². The molecule has 0 bridgehead atoms. The average molecular weight is 425 g/mol. The van der Waals surface area contributed by atoms with Gasteiger partial charge in [-0.1, -0.05) is 0 Å². The molecule has 1 fully saturated rings. The normalized spacial score (nSPS) is 31.3. The first-order valence-corrected chi connectivity index (χ1v) is 19.6. The number of ether oxygens (including phenoxy) is 3. The molecule has 0 N–H and O–H groups in total. The van der Waals surface area contributed by atoms with Gasteiger partial charge in [-0.2, -0.15) is 0 Å². The van der Waals surface area contributed by atoms with Crippen molar-refractivity contribution in [3.63, 3.8) is 0 Å². The minimum absolute atomic E-state index is 0.243. The third-order valence-electron chi connectivity index (χ3n) is 3.76. The van der Waals surface area contributed by atoms with Crippen molar-refractivity contribution >= 4 is 25.0 Å². The lowest BCUT2D eigenvalue weighted by molar-refractivity contribution is -0.290. The Balaban J connectivity index is 3.14. The highest BCUT2D eigenvalue weighted by molar-refractivity contribution is 6.70. The second-order valence-corrected chi connectivity index (χ2v) is 23.2. The monoisotopic (exact) mass is 424 g/mol. The van der Waals surface area contributed by atoms with Crippen molar-refractivity contribution in [1.82, 2.24) is 0 Å². The molecule has 1 aliphatic rings. The summed E-state index contributed by atoms with van der Waals surface area (Å²) < 4.78 is 36.8. The summed E-state index contributed by atoms with van der Waals surface area (Å²) in [5.41, 5.74) is 0. The summed E-state index contributed by atoms with van der Waals surface area (Å²) in [6.45, 7) is 20.0. The van der Waals surface area contributed by atoms with E-state index in [9.17, 15) is 0 Å². The lowest BCUT2D eigenvalue weighted by Crippen LogP contribution is -2.64. The summed E-state index contributed by atoms with van der Waals surface area (Å²) in [5.74, 6) is 0. The molecule has 0 aromatic heterocycles. The molecule has 0 aliphatic carbocycles. The lowest BCUT2D eigenvalue weighted by Gasteiger charge is -2.48. The van der Waals surface area contributed by atoms with Crippen molar-refractivity contribution in [3.8, 4) is 0 Å². The van der Waals surface area contributed by atoms with Gasteiger partial charge in [0.15, 0.2) is 31.2 Å². The van der Waals surface area contributed by atoms with E-state index in [0.29, 0.717) is 6.61 Å². The molecule has 156 valence electrons. The smallest absolute Gasteiger partial charge is 0.185 e. The molecule has 0 aromatic rings. The van der Waals surface area contributed by atoms with Crippen LogP contribution >= 0.6 is 0 Å². The number of hydrogen-bond donors (Lipinski definition) is 0. The molecule has 0 amide bonds. The Labute approximate surface area is 163 Å². The van der Waals surface area contributed by atoms with E-state index in [1.54, 1.807) is 14.2 Å². The van der Waals surface area contributed by atoms with Crippen LogP contribution in [0.1, 0.15) is 0 Å². The van der Waals surface area contributed by atoms with Gasteiger partial charge in [-0.15, -0.1) is 0 Å². The molecule has 0 unspecified atom stereocenters. The first-order chi connectivity index (χ1) is 11.7. The van der Waals surface area contributed by atoms with Crippen LogP contribution in [0.4, 0.5) is 0 Å². The first kappa shape index (κ1) is 24.4. The van der Waals surface area contributed by atoms with Crippen LogP contribution in [0.5, 0.6) is 0 Å². The predicted octanol–water partition coefficient (Wildman–Crippen LogP) is 3.66. The summed E-state index contributed by atoms with van der Waals surface area (Å²) in [6, 6.07) is 0. The second kappa shape index (κ2) is 9.27. The van der Waals surface area contributed by atoms with E-state index < -0.39 is 31.2 Å². The highest BCUT2D eigenvalue weighted by Crippen LogP contribution is 2.32. The zero-order valence-electron chi connectivity index (χ0n) is 18.5. The summed E-state index contributed by atoms with van der Waals surface area (Å²) in [7, 11) is -1.99. The number of methoxy groups -OCH3 is 2. The van der Waals surface area contributed by atoms with Crippen LogP contribution in [0.2, 0.25) is 58.9 Å². The van der Waals surface area contributed by atoms with Crippen LogP contribution < -0.4 is 0 Å². The van der Waals surface area contributed by atoms with Crippen LogP contribution in [0.25, 0.3) is 0 Å². The highest BCUT2D eigenvalue weighted by atomic mass is 28.4. The minimum atomic E-state index is -1.84. The Kier molecular flexibility index (Phi) is 8.72. The summed E-state index contributed by atoms with van der Waals surface area (Å²) in [4.78, 5) is 0. The van der Waals surface area contributed by atoms with Gasteiger partial charge in [0.05, 0.1) is 6.61 Å². The molecule has 9 heteroatoms. The average Bonchev–Trinajstić information content (AvgIpc) is 2.43. The van der Waals surface area contributed by atoms with E-state index in [2.05, 4.69) is 58.9 Å². The van der Waals surface area contributed by atoms with Gasteiger partial charge in [0.25, 0.3) is 0 Å². The van der Waals surface area contributed by atoms with Crippen molar-refractivity contribution in [1.29, 1.82) is 0 Å².